The number of hydrogen-bond acceptors (Lipinski definition) is 10. The van der Waals surface area contributed by atoms with Crippen molar-refractivity contribution in [1.29, 1.82) is 0 Å². The van der Waals surface area contributed by atoms with Crippen LogP contribution in [0.4, 0.5) is 0 Å². The van der Waals surface area contributed by atoms with E-state index in [1.54, 1.807) is 6.08 Å². The minimum absolute atomic E-state index is 0.000772. The van der Waals surface area contributed by atoms with E-state index in [-0.39, 0.29) is 12.2 Å². The Kier molecular flexibility index (Phi) is 14.0. The molecule has 0 aromatic rings. The summed E-state index contributed by atoms with van der Waals surface area (Å²) in [6.45, 7) is 9.45. The third-order valence-electron chi connectivity index (χ3n) is 3.01. The van der Waals surface area contributed by atoms with Crippen LogP contribution in [0.25, 0.3) is 0 Å². The molecule has 7 atom stereocenters. The van der Waals surface area contributed by atoms with Crippen LogP contribution < -0.4 is 0 Å². The van der Waals surface area contributed by atoms with E-state index in [1.165, 1.54) is 0 Å². The van der Waals surface area contributed by atoms with E-state index in [0.29, 0.717) is 32.3 Å². The summed E-state index contributed by atoms with van der Waals surface area (Å²) in [5.41, 5.74) is 0. The molecule has 166 valence electrons. The Balaban J connectivity index is 0.000000188. The van der Waals surface area contributed by atoms with Gasteiger partial charge in [0.15, 0.2) is 22.2 Å². The highest BCUT2D eigenvalue weighted by atomic mass is 32.2. The molecule has 4 heterocycles. The Bertz CT molecular complexity index is 540. The predicted molar refractivity (Wildman–Crippen MR) is 106 cm³/mol. The van der Waals surface area contributed by atoms with Crippen LogP contribution in [0.15, 0.2) is 12.7 Å². The monoisotopic (exact) mass is 482 g/mol. The molecule has 4 saturated heterocycles. The highest BCUT2D eigenvalue weighted by Crippen LogP contribution is 2.09. The van der Waals surface area contributed by atoms with Gasteiger partial charge in [0.1, 0.15) is 6.10 Å². The van der Waals surface area contributed by atoms with E-state index in [0.717, 1.165) is 17.9 Å². The van der Waals surface area contributed by atoms with E-state index in [4.69, 9.17) is 4.18 Å². The molecular formula is C14H26O10S4. The van der Waals surface area contributed by atoms with Crippen molar-refractivity contribution < 1.29 is 41.9 Å². The molecule has 0 aliphatic carbocycles. The summed E-state index contributed by atoms with van der Waals surface area (Å²) < 4.78 is 68.5. The Hall–Kier alpha value is 0.1000. The second-order valence-corrected chi connectivity index (χ2v) is 9.90. The lowest BCUT2D eigenvalue weighted by atomic mass is 10.2. The Morgan fingerprint density at radius 3 is 1.71 bits per heavy atom. The zero-order valence-corrected chi connectivity index (χ0v) is 18.9. The van der Waals surface area contributed by atoms with Crippen molar-refractivity contribution in [3.63, 3.8) is 0 Å². The van der Waals surface area contributed by atoms with Crippen LogP contribution in [0.5, 0.6) is 0 Å². The zero-order chi connectivity index (χ0) is 20.9. The van der Waals surface area contributed by atoms with Gasteiger partial charge in [0.05, 0.1) is 44.0 Å². The molecule has 28 heavy (non-hydrogen) atoms. The highest BCUT2D eigenvalue weighted by molar-refractivity contribution is 7.80. The molecule has 0 aromatic carbocycles. The smallest absolute Gasteiger partial charge is 0.291 e. The molecule has 0 aromatic heterocycles. The summed E-state index contributed by atoms with van der Waals surface area (Å²) in [6.07, 6.45) is 2.34. The highest BCUT2D eigenvalue weighted by Gasteiger charge is 2.19. The summed E-state index contributed by atoms with van der Waals surface area (Å²) in [5, 5.41) is 0. The van der Waals surface area contributed by atoms with Gasteiger partial charge in [0.2, 0.25) is 0 Å². The Morgan fingerprint density at radius 2 is 1.54 bits per heavy atom. The lowest BCUT2D eigenvalue weighted by Gasteiger charge is -1.91. The molecule has 0 amide bonds. The number of hydrogen-bond donors (Lipinski definition) is 0. The molecule has 4 rings (SSSR count). The summed E-state index contributed by atoms with van der Waals surface area (Å²) in [7, 11) is 0. The van der Waals surface area contributed by atoms with Crippen molar-refractivity contribution in [3.8, 4) is 0 Å². The van der Waals surface area contributed by atoms with E-state index in [1.807, 2.05) is 13.8 Å². The zero-order valence-electron chi connectivity index (χ0n) is 15.7. The van der Waals surface area contributed by atoms with Crippen molar-refractivity contribution in [2.45, 2.75) is 32.5 Å². The van der Waals surface area contributed by atoms with Crippen LogP contribution in [-0.4, -0.2) is 67.0 Å². The Labute approximate surface area is 175 Å². The SMILES string of the molecule is C=CC1COS(=O)O1.CC1COS(=O)C1.CC1COS(=O)O1.O=S1CCCO1. The van der Waals surface area contributed by atoms with Gasteiger partial charge in [-0.1, -0.05) is 13.0 Å². The summed E-state index contributed by atoms with van der Waals surface area (Å²) in [4.78, 5) is 0. The first-order valence-corrected chi connectivity index (χ1v) is 12.9. The molecular weight excluding hydrogens is 456 g/mol. The average Bonchev–Trinajstić information content (AvgIpc) is 3.43. The van der Waals surface area contributed by atoms with Crippen LogP contribution in [-0.2, 0) is 70.0 Å². The maximum atomic E-state index is 10.3. The summed E-state index contributed by atoms with van der Waals surface area (Å²) in [6, 6.07) is 0. The molecule has 0 spiro atoms. The Morgan fingerprint density at radius 1 is 0.857 bits per heavy atom. The van der Waals surface area contributed by atoms with Crippen molar-refractivity contribution in [1.82, 2.24) is 0 Å². The predicted octanol–water partition coefficient (Wildman–Crippen LogP) is 0.554. The topological polar surface area (TPSA) is 124 Å². The van der Waals surface area contributed by atoms with Gasteiger partial charge in [0.25, 0.3) is 0 Å². The van der Waals surface area contributed by atoms with Crippen LogP contribution in [0, 0.1) is 5.92 Å². The largest absolute Gasteiger partial charge is 0.305 e. The molecule has 0 radical (unpaired) electrons. The third-order valence-corrected chi connectivity index (χ3v) is 6.85. The van der Waals surface area contributed by atoms with Crippen molar-refractivity contribution in [3.05, 3.63) is 12.7 Å². The summed E-state index contributed by atoms with van der Waals surface area (Å²) in [5.74, 6) is 1.96. The molecule has 4 aliphatic heterocycles. The van der Waals surface area contributed by atoms with E-state index >= 15 is 0 Å². The summed E-state index contributed by atoms with van der Waals surface area (Å²) >= 11 is -4.85. The first kappa shape index (κ1) is 26.1. The lowest BCUT2D eigenvalue weighted by molar-refractivity contribution is 0.262. The van der Waals surface area contributed by atoms with Crippen molar-refractivity contribution in [2.75, 3.05) is 37.9 Å². The van der Waals surface area contributed by atoms with Gasteiger partial charge in [-0.15, -0.1) is 6.58 Å². The number of rotatable bonds is 1. The van der Waals surface area contributed by atoms with Gasteiger partial charge >= 0.3 is 22.7 Å². The van der Waals surface area contributed by atoms with Gasteiger partial charge in [-0.3, -0.25) is 25.1 Å². The van der Waals surface area contributed by atoms with Gasteiger partial charge in [-0.05, 0) is 19.3 Å². The minimum atomic E-state index is -1.52. The molecule has 4 aliphatic rings. The van der Waals surface area contributed by atoms with Gasteiger partial charge in [-0.2, -0.15) is 8.42 Å². The molecule has 14 heteroatoms. The van der Waals surface area contributed by atoms with Crippen molar-refractivity contribution in [2.24, 2.45) is 5.92 Å². The second-order valence-electron chi connectivity index (χ2n) is 5.80. The minimum Gasteiger partial charge on any atom is -0.291 e. The molecule has 7 unspecified atom stereocenters. The fourth-order valence-corrected chi connectivity index (χ4v) is 4.77. The maximum absolute atomic E-state index is 10.3. The van der Waals surface area contributed by atoms with Gasteiger partial charge in [-0.25, -0.2) is 8.42 Å². The molecule has 0 bridgehead atoms. The quantitative estimate of drug-likeness (QED) is 0.490. The van der Waals surface area contributed by atoms with Gasteiger partial charge in [0, 0.05) is 0 Å². The van der Waals surface area contributed by atoms with Crippen LogP contribution in [0.1, 0.15) is 20.3 Å². The van der Waals surface area contributed by atoms with E-state index < -0.39 is 44.9 Å². The fourth-order valence-electron chi connectivity index (χ4n) is 1.64. The molecule has 0 N–H and O–H groups in total. The lowest BCUT2D eigenvalue weighted by Crippen LogP contribution is -2.02. The van der Waals surface area contributed by atoms with Crippen molar-refractivity contribution >= 4 is 44.9 Å². The second kappa shape index (κ2) is 15.0. The average molecular weight is 483 g/mol. The molecule has 10 nitrogen and oxygen atoms in total. The first-order valence-electron chi connectivity index (χ1n) is 8.40. The van der Waals surface area contributed by atoms with E-state index in [2.05, 4.69) is 27.5 Å². The normalized spacial score (nSPS) is 39.0. The van der Waals surface area contributed by atoms with Gasteiger partial charge < -0.3 is 0 Å². The van der Waals surface area contributed by atoms with Crippen LogP contribution in [0.2, 0.25) is 0 Å². The fraction of sp³-hybridized carbons (Fsp3) is 0.857. The van der Waals surface area contributed by atoms with E-state index in [9.17, 15) is 16.8 Å². The maximum Gasteiger partial charge on any atom is 0.305 e. The molecule has 0 saturated carbocycles. The standard InChI is InChI=1S/C4H6O3S.C4H8O2S.C3H6O3S.C3H6O2S/c1-2-4-3-6-8(5)7-4;1-4-2-6-7(5)3-4;1-3-2-5-7(4)6-3;4-6-3-1-2-5-6/h2,4H,1,3H2;4H,2-3H2,1H3;3H,2H2,1H3;1-3H2. The van der Waals surface area contributed by atoms with Crippen LogP contribution >= 0.6 is 0 Å². The van der Waals surface area contributed by atoms with Crippen LogP contribution in [0.3, 0.4) is 0 Å². The first-order chi connectivity index (χ1) is 13.3. The third kappa shape index (κ3) is 12.6. The molecule has 4 fully saturated rings.